The van der Waals surface area contributed by atoms with Gasteiger partial charge in [0.1, 0.15) is 23.3 Å². The van der Waals surface area contributed by atoms with Crippen molar-refractivity contribution < 1.29 is 26.7 Å². The molecule has 0 aliphatic carbocycles. The van der Waals surface area contributed by atoms with Gasteiger partial charge in [0.25, 0.3) is 5.91 Å². The van der Waals surface area contributed by atoms with E-state index in [4.69, 9.17) is 5.73 Å². The molecule has 184 valence electrons. The number of imidazole rings is 1. The van der Waals surface area contributed by atoms with Crippen molar-refractivity contribution in [1.82, 2.24) is 24.3 Å². The number of fused-ring (bicyclic) bond motifs is 3. The minimum absolute atomic E-state index is 0. The Labute approximate surface area is 196 Å². The molecule has 1 aliphatic heterocycles. The van der Waals surface area contributed by atoms with Crippen LogP contribution in [0.1, 0.15) is 47.9 Å². The van der Waals surface area contributed by atoms with Crippen LogP contribution in [0.4, 0.5) is 27.8 Å². The van der Waals surface area contributed by atoms with Gasteiger partial charge in [-0.05, 0) is 31.0 Å². The normalized spacial score (nSPS) is 18.6. The smallest absolute Gasteiger partial charge is 0.382 e. The van der Waals surface area contributed by atoms with Crippen LogP contribution in [0.2, 0.25) is 0 Å². The van der Waals surface area contributed by atoms with Crippen molar-refractivity contribution in [2.45, 2.75) is 38.7 Å². The van der Waals surface area contributed by atoms with Crippen LogP contribution in [0.15, 0.2) is 43.0 Å². The van der Waals surface area contributed by atoms with Crippen LogP contribution in [-0.2, 0) is 6.18 Å². The summed E-state index contributed by atoms with van der Waals surface area (Å²) >= 11 is 0. The van der Waals surface area contributed by atoms with E-state index in [0.29, 0.717) is 17.2 Å². The topological polar surface area (TPSA) is 89.4 Å². The highest BCUT2D eigenvalue weighted by molar-refractivity contribution is 5.98. The van der Waals surface area contributed by atoms with Crippen molar-refractivity contribution in [3.05, 3.63) is 65.6 Å². The third-order valence-electron chi connectivity index (χ3n) is 5.94. The van der Waals surface area contributed by atoms with Gasteiger partial charge in [-0.3, -0.25) is 14.2 Å². The monoisotopic (exact) mass is 492 g/mol. The van der Waals surface area contributed by atoms with E-state index >= 15 is 4.39 Å². The largest absolute Gasteiger partial charge is 0.417 e. The second kappa shape index (κ2) is 8.75. The van der Waals surface area contributed by atoms with Crippen molar-refractivity contribution in [3.8, 4) is 0 Å². The number of nitrogens with two attached hydrogens (primary N) is 1. The number of rotatable bonds is 2. The standard InChI is InChI=1S/C22H17F5N6O.CH4/c23-12-2-4-17(15-3-1-11(7-30-15)22(25,26)27)32(9-12)21(34)13-5-18-16(6-14(13)24)31-20(28)19-8-29-10-33(18)19;/h1,3,5-8,10,12,17H,2,4,9H2,(H2,28,31);1H4. The summed E-state index contributed by atoms with van der Waals surface area (Å²) in [6, 6.07) is 3.54. The van der Waals surface area contributed by atoms with Crippen molar-refractivity contribution in [1.29, 1.82) is 0 Å². The fraction of sp³-hybridized carbons (Fsp3) is 0.304. The van der Waals surface area contributed by atoms with Crippen LogP contribution in [0.5, 0.6) is 0 Å². The van der Waals surface area contributed by atoms with E-state index in [9.17, 15) is 22.4 Å². The van der Waals surface area contributed by atoms with E-state index in [1.807, 2.05) is 0 Å². The van der Waals surface area contributed by atoms with Gasteiger partial charge < -0.3 is 10.6 Å². The minimum Gasteiger partial charge on any atom is -0.382 e. The molecule has 1 aromatic carbocycles. The molecule has 2 N–H and O–H groups in total. The first-order valence-electron chi connectivity index (χ1n) is 10.3. The molecule has 5 rings (SSSR count). The van der Waals surface area contributed by atoms with E-state index in [1.54, 1.807) is 4.40 Å². The average molecular weight is 492 g/mol. The molecule has 4 aromatic rings. The van der Waals surface area contributed by atoms with Crippen molar-refractivity contribution >= 4 is 28.3 Å². The summed E-state index contributed by atoms with van der Waals surface area (Å²) in [5, 5.41) is 0. The summed E-state index contributed by atoms with van der Waals surface area (Å²) < 4.78 is 69.6. The number of pyridine rings is 1. The lowest BCUT2D eigenvalue weighted by Crippen LogP contribution is -2.43. The lowest BCUT2D eigenvalue weighted by Gasteiger charge is -2.37. The van der Waals surface area contributed by atoms with E-state index in [2.05, 4.69) is 15.0 Å². The number of nitrogen functional groups attached to an aromatic ring is 1. The Morgan fingerprint density at radius 2 is 1.89 bits per heavy atom. The number of nitrogens with zero attached hydrogens (tertiary/aromatic N) is 5. The highest BCUT2D eigenvalue weighted by atomic mass is 19.4. The number of likely N-dealkylation sites (tertiary alicyclic amines) is 1. The third-order valence-corrected chi connectivity index (χ3v) is 5.94. The first kappa shape index (κ1) is 24.3. The van der Waals surface area contributed by atoms with Crippen molar-refractivity contribution in [2.75, 3.05) is 12.3 Å². The molecule has 3 aromatic heterocycles. The first-order valence-corrected chi connectivity index (χ1v) is 10.3. The molecule has 2 atom stereocenters. The number of hydrogen-bond donors (Lipinski definition) is 1. The van der Waals surface area contributed by atoms with E-state index in [0.717, 1.165) is 23.1 Å². The Hall–Kier alpha value is -3.83. The number of benzene rings is 1. The zero-order valence-corrected chi connectivity index (χ0v) is 17.4. The lowest BCUT2D eigenvalue weighted by atomic mass is 9.96. The average Bonchev–Trinajstić information content (AvgIpc) is 3.29. The molecule has 4 heterocycles. The fourth-order valence-corrected chi connectivity index (χ4v) is 4.24. The number of amides is 1. The Morgan fingerprint density at radius 1 is 1.11 bits per heavy atom. The van der Waals surface area contributed by atoms with Gasteiger partial charge >= 0.3 is 6.18 Å². The fourth-order valence-electron chi connectivity index (χ4n) is 4.24. The Kier molecular flexibility index (Phi) is 6.07. The van der Waals surface area contributed by atoms with E-state index in [-0.39, 0.29) is 49.4 Å². The summed E-state index contributed by atoms with van der Waals surface area (Å²) in [7, 11) is 0. The molecular weight excluding hydrogens is 471 g/mol. The van der Waals surface area contributed by atoms with Gasteiger partial charge in [-0.25, -0.2) is 18.7 Å². The van der Waals surface area contributed by atoms with Crippen LogP contribution in [0.3, 0.4) is 0 Å². The highest BCUT2D eigenvalue weighted by Gasteiger charge is 2.36. The Balaban J connectivity index is 0.00000289. The third kappa shape index (κ3) is 4.24. The zero-order chi connectivity index (χ0) is 24.2. The maximum Gasteiger partial charge on any atom is 0.417 e. The SMILES string of the molecule is C.Nc1nc2cc(F)c(C(=O)N3CC(F)CCC3c3ccc(C(F)(F)F)cn3)cc2n2cncc12. The predicted molar refractivity (Wildman–Crippen MR) is 119 cm³/mol. The summed E-state index contributed by atoms with van der Waals surface area (Å²) in [4.78, 5) is 26.5. The molecule has 7 nitrogen and oxygen atoms in total. The molecule has 12 heteroatoms. The second-order valence-corrected chi connectivity index (χ2v) is 8.08. The highest BCUT2D eigenvalue weighted by Crippen LogP contribution is 2.35. The second-order valence-electron chi connectivity index (χ2n) is 8.08. The van der Waals surface area contributed by atoms with E-state index in [1.165, 1.54) is 18.6 Å². The molecule has 0 radical (unpaired) electrons. The van der Waals surface area contributed by atoms with E-state index < -0.39 is 35.7 Å². The quantitative estimate of drug-likeness (QED) is 0.399. The molecule has 1 amide bonds. The lowest BCUT2D eigenvalue weighted by molar-refractivity contribution is -0.137. The maximum absolute atomic E-state index is 15.0. The number of carbonyl (C=O) groups is 1. The maximum atomic E-state index is 15.0. The molecule has 2 unspecified atom stereocenters. The molecular formula is C23H21F5N6O. The Bertz CT molecular complexity index is 1400. The summed E-state index contributed by atoms with van der Waals surface area (Å²) in [6.07, 6.45) is -2.13. The van der Waals surface area contributed by atoms with Gasteiger partial charge in [0.05, 0.1) is 53.0 Å². The number of aromatic nitrogens is 4. The van der Waals surface area contributed by atoms with Gasteiger partial charge in [-0.2, -0.15) is 13.2 Å². The molecule has 0 saturated carbocycles. The number of halogens is 5. The number of alkyl halides is 4. The van der Waals surface area contributed by atoms with Crippen LogP contribution < -0.4 is 5.73 Å². The molecule has 1 saturated heterocycles. The summed E-state index contributed by atoms with van der Waals surface area (Å²) in [6.45, 7) is -0.343. The van der Waals surface area contributed by atoms with Gasteiger partial charge in [-0.15, -0.1) is 0 Å². The molecule has 35 heavy (non-hydrogen) atoms. The number of carbonyl (C=O) groups excluding carboxylic acids is 1. The Morgan fingerprint density at radius 3 is 2.57 bits per heavy atom. The summed E-state index contributed by atoms with van der Waals surface area (Å²) in [5.74, 6) is -1.56. The summed E-state index contributed by atoms with van der Waals surface area (Å²) in [5.41, 5.74) is 5.80. The van der Waals surface area contributed by atoms with Crippen molar-refractivity contribution in [3.63, 3.8) is 0 Å². The van der Waals surface area contributed by atoms with Gasteiger partial charge in [-0.1, -0.05) is 7.43 Å². The van der Waals surface area contributed by atoms with Gasteiger partial charge in [0, 0.05) is 12.3 Å². The van der Waals surface area contributed by atoms with Crippen molar-refractivity contribution in [2.24, 2.45) is 0 Å². The predicted octanol–water partition coefficient (Wildman–Crippen LogP) is 4.97. The number of piperidine rings is 1. The van der Waals surface area contributed by atoms with Crippen LogP contribution in [-0.4, -0.2) is 42.9 Å². The molecule has 1 aliphatic rings. The number of anilines is 1. The van der Waals surface area contributed by atoms with Gasteiger partial charge in [0.2, 0.25) is 0 Å². The van der Waals surface area contributed by atoms with Crippen LogP contribution >= 0.6 is 0 Å². The van der Waals surface area contributed by atoms with Crippen LogP contribution in [0, 0.1) is 5.82 Å². The first-order chi connectivity index (χ1) is 16.1. The number of hydrogen-bond acceptors (Lipinski definition) is 5. The molecule has 1 fully saturated rings. The minimum atomic E-state index is -4.57. The molecule has 0 spiro atoms. The van der Waals surface area contributed by atoms with Crippen LogP contribution in [0.25, 0.3) is 16.6 Å². The van der Waals surface area contributed by atoms with Gasteiger partial charge in [0.15, 0.2) is 0 Å². The zero-order valence-electron chi connectivity index (χ0n) is 17.4. The molecule has 0 bridgehead atoms.